The Hall–Kier alpha value is -1.75. The molecule has 2 N–H and O–H groups in total. The number of hydrogen-bond donors (Lipinski definition) is 2. The van der Waals surface area contributed by atoms with Crippen molar-refractivity contribution in [3.05, 3.63) is 42.5 Å². The highest BCUT2D eigenvalue weighted by molar-refractivity contribution is 5.18. The number of aromatic nitrogens is 4. The zero-order valence-electron chi connectivity index (χ0n) is 7.81. The summed E-state index contributed by atoms with van der Waals surface area (Å²) >= 11 is 0. The van der Waals surface area contributed by atoms with Gasteiger partial charge in [0.1, 0.15) is 12.2 Å². The second kappa shape index (κ2) is 3.97. The Balaban J connectivity index is 2.31. The summed E-state index contributed by atoms with van der Waals surface area (Å²) in [5, 5.41) is 3.15. The van der Waals surface area contributed by atoms with E-state index in [1.54, 1.807) is 24.8 Å². The Morgan fingerprint density at radius 1 is 1.36 bits per heavy atom. The maximum absolute atomic E-state index is 4.19. The quantitative estimate of drug-likeness (QED) is 0.738. The first-order chi connectivity index (χ1) is 6.92. The van der Waals surface area contributed by atoms with Crippen LogP contribution in [0.15, 0.2) is 31.1 Å². The number of H-pyrrole nitrogens is 1. The molecule has 0 saturated heterocycles. The fourth-order valence-electron chi connectivity index (χ4n) is 1.36. The third-order valence-corrected chi connectivity index (χ3v) is 2.00. The van der Waals surface area contributed by atoms with E-state index in [0.717, 1.165) is 11.4 Å². The van der Waals surface area contributed by atoms with Gasteiger partial charge in [-0.2, -0.15) is 0 Å². The van der Waals surface area contributed by atoms with Crippen molar-refractivity contribution in [2.75, 3.05) is 7.05 Å². The van der Waals surface area contributed by atoms with E-state index in [1.165, 1.54) is 6.33 Å². The standard InChI is InChI=1S/C9H11N5/c1-10-8(9-13-2-3-14-9)7-4-11-6-12-5-7/h2-6,8,10H,1H3,(H,13,14). The van der Waals surface area contributed by atoms with Crippen molar-refractivity contribution < 1.29 is 0 Å². The number of hydrogen-bond acceptors (Lipinski definition) is 4. The van der Waals surface area contributed by atoms with Crippen LogP contribution in [0.3, 0.4) is 0 Å². The Labute approximate surface area is 81.6 Å². The van der Waals surface area contributed by atoms with Crippen LogP contribution in [-0.2, 0) is 0 Å². The van der Waals surface area contributed by atoms with Crippen LogP contribution in [-0.4, -0.2) is 27.0 Å². The van der Waals surface area contributed by atoms with Crippen LogP contribution in [0.4, 0.5) is 0 Å². The average molecular weight is 189 g/mol. The molecule has 2 aromatic heterocycles. The highest BCUT2D eigenvalue weighted by atomic mass is 15.0. The number of nitrogens with one attached hydrogen (secondary N) is 2. The van der Waals surface area contributed by atoms with Gasteiger partial charge in [-0.05, 0) is 7.05 Å². The molecule has 0 fully saturated rings. The van der Waals surface area contributed by atoms with Crippen molar-refractivity contribution in [3.8, 4) is 0 Å². The second-order valence-electron chi connectivity index (χ2n) is 2.87. The molecule has 5 nitrogen and oxygen atoms in total. The summed E-state index contributed by atoms with van der Waals surface area (Å²) in [7, 11) is 1.88. The molecule has 0 amide bonds. The van der Waals surface area contributed by atoms with Gasteiger partial charge < -0.3 is 10.3 Å². The van der Waals surface area contributed by atoms with Crippen molar-refractivity contribution in [1.82, 2.24) is 25.3 Å². The lowest BCUT2D eigenvalue weighted by molar-refractivity contribution is 0.649. The minimum atomic E-state index is 0.0196. The molecule has 0 spiro atoms. The van der Waals surface area contributed by atoms with Crippen LogP contribution in [0.2, 0.25) is 0 Å². The fraction of sp³-hybridized carbons (Fsp3) is 0.222. The average Bonchev–Trinajstić information content (AvgIpc) is 2.74. The number of aromatic amines is 1. The van der Waals surface area contributed by atoms with E-state index in [9.17, 15) is 0 Å². The molecule has 0 bridgehead atoms. The first-order valence-electron chi connectivity index (χ1n) is 4.33. The highest BCUT2D eigenvalue weighted by Gasteiger charge is 2.13. The predicted molar refractivity (Wildman–Crippen MR) is 51.5 cm³/mol. The molecule has 5 heteroatoms. The molecule has 72 valence electrons. The molecule has 0 aliphatic rings. The van der Waals surface area contributed by atoms with Crippen LogP contribution in [0.1, 0.15) is 17.4 Å². The van der Waals surface area contributed by atoms with Gasteiger partial charge in [-0.15, -0.1) is 0 Å². The van der Waals surface area contributed by atoms with Crippen molar-refractivity contribution in [3.63, 3.8) is 0 Å². The molecule has 1 unspecified atom stereocenters. The predicted octanol–water partition coefficient (Wildman–Crippen LogP) is 0.508. The van der Waals surface area contributed by atoms with Crippen molar-refractivity contribution in [2.24, 2.45) is 0 Å². The smallest absolute Gasteiger partial charge is 0.127 e. The largest absolute Gasteiger partial charge is 0.347 e. The Bertz CT molecular complexity index is 369. The van der Waals surface area contributed by atoms with Gasteiger partial charge in [0.15, 0.2) is 0 Å². The van der Waals surface area contributed by atoms with E-state index in [4.69, 9.17) is 0 Å². The van der Waals surface area contributed by atoms with Gasteiger partial charge in [-0.25, -0.2) is 15.0 Å². The fourth-order valence-corrected chi connectivity index (χ4v) is 1.36. The maximum atomic E-state index is 4.19. The van der Waals surface area contributed by atoms with Crippen molar-refractivity contribution in [1.29, 1.82) is 0 Å². The van der Waals surface area contributed by atoms with Gasteiger partial charge in [0.2, 0.25) is 0 Å². The van der Waals surface area contributed by atoms with Crippen LogP contribution in [0, 0.1) is 0 Å². The molecular formula is C9H11N5. The minimum Gasteiger partial charge on any atom is -0.347 e. The molecule has 14 heavy (non-hydrogen) atoms. The van der Waals surface area contributed by atoms with Crippen LogP contribution < -0.4 is 5.32 Å². The molecule has 1 atom stereocenters. The molecule has 0 aromatic carbocycles. The summed E-state index contributed by atoms with van der Waals surface area (Å²) in [6.07, 6.45) is 8.58. The third kappa shape index (κ3) is 1.62. The van der Waals surface area contributed by atoms with E-state index in [-0.39, 0.29) is 6.04 Å². The molecule has 2 rings (SSSR count). The van der Waals surface area contributed by atoms with E-state index >= 15 is 0 Å². The molecule has 0 aliphatic heterocycles. The monoisotopic (exact) mass is 189 g/mol. The lowest BCUT2D eigenvalue weighted by atomic mass is 10.1. The Morgan fingerprint density at radius 2 is 2.14 bits per heavy atom. The summed E-state index contributed by atoms with van der Waals surface area (Å²) in [5.41, 5.74) is 0.991. The number of nitrogens with zero attached hydrogens (tertiary/aromatic N) is 3. The SMILES string of the molecule is CNC(c1cncnc1)c1ncc[nH]1. The van der Waals surface area contributed by atoms with Crippen LogP contribution in [0.5, 0.6) is 0 Å². The summed E-state index contributed by atoms with van der Waals surface area (Å²) in [5.74, 6) is 0.863. The van der Waals surface area contributed by atoms with E-state index in [1.807, 2.05) is 7.05 Å². The molecule has 0 saturated carbocycles. The first-order valence-corrected chi connectivity index (χ1v) is 4.33. The van der Waals surface area contributed by atoms with Crippen LogP contribution in [0.25, 0.3) is 0 Å². The molecule has 0 aliphatic carbocycles. The normalized spacial score (nSPS) is 12.6. The van der Waals surface area contributed by atoms with Crippen molar-refractivity contribution >= 4 is 0 Å². The third-order valence-electron chi connectivity index (χ3n) is 2.00. The number of rotatable bonds is 3. The molecular weight excluding hydrogens is 178 g/mol. The lowest BCUT2D eigenvalue weighted by Crippen LogP contribution is -2.19. The van der Waals surface area contributed by atoms with Crippen LogP contribution >= 0.6 is 0 Å². The van der Waals surface area contributed by atoms with Gasteiger partial charge >= 0.3 is 0 Å². The maximum Gasteiger partial charge on any atom is 0.127 e. The highest BCUT2D eigenvalue weighted by Crippen LogP contribution is 2.15. The molecule has 2 heterocycles. The zero-order valence-corrected chi connectivity index (χ0v) is 7.81. The topological polar surface area (TPSA) is 66.5 Å². The zero-order chi connectivity index (χ0) is 9.80. The van der Waals surface area contributed by atoms with Gasteiger partial charge in [0.05, 0.1) is 6.04 Å². The Kier molecular flexibility index (Phi) is 2.51. The lowest BCUT2D eigenvalue weighted by Gasteiger charge is -2.12. The van der Waals surface area contributed by atoms with Gasteiger partial charge in [0.25, 0.3) is 0 Å². The summed E-state index contributed by atoms with van der Waals surface area (Å²) in [6, 6.07) is 0.0196. The van der Waals surface area contributed by atoms with E-state index < -0.39 is 0 Å². The van der Waals surface area contributed by atoms with Gasteiger partial charge in [0, 0.05) is 30.4 Å². The summed E-state index contributed by atoms with van der Waals surface area (Å²) in [6.45, 7) is 0. The summed E-state index contributed by atoms with van der Waals surface area (Å²) in [4.78, 5) is 15.2. The summed E-state index contributed by atoms with van der Waals surface area (Å²) < 4.78 is 0. The van der Waals surface area contributed by atoms with Gasteiger partial charge in [-0.3, -0.25) is 0 Å². The number of imidazole rings is 1. The molecule has 2 aromatic rings. The first kappa shape index (κ1) is 8.83. The van der Waals surface area contributed by atoms with E-state index in [0.29, 0.717) is 0 Å². The molecule has 0 radical (unpaired) electrons. The van der Waals surface area contributed by atoms with E-state index in [2.05, 4.69) is 25.3 Å². The second-order valence-corrected chi connectivity index (χ2v) is 2.87. The Morgan fingerprint density at radius 3 is 2.71 bits per heavy atom. The van der Waals surface area contributed by atoms with Crippen molar-refractivity contribution in [2.45, 2.75) is 6.04 Å². The minimum absolute atomic E-state index is 0.0196. The van der Waals surface area contributed by atoms with Gasteiger partial charge in [-0.1, -0.05) is 0 Å².